The fourth-order valence-electron chi connectivity index (χ4n) is 3.87. The van der Waals surface area contributed by atoms with Gasteiger partial charge in [0.05, 0.1) is 12.3 Å². The summed E-state index contributed by atoms with van der Waals surface area (Å²) in [7, 11) is 0. The first-order valence-corrected chi connectivity index (χ1v) is 12.5. The van der Waals surface area contributed by atoms with Gasteiger partial charge >= 0.3 is 6.03 Å². The highest BCUT2D eigenvalue weighted by molar-refractivity contribution is 6.39. The third kappa shape index (κ3) is 6.85. The number of imide groups is 2. The lowest BCUT2D eigenvalue weighted by Crippen LogP contribution is -2.54. The van der Waals surface area contributed by atoms with Crippen molar-refractivity contribution >= 4 is 29.6 Å². The lowest BCUT2D eigenvalue weighted by Gasteiger charge is -2.26. The van der Waals surface area contributed by atoms with Crippen molar-refractivity contribution in [1.29, 1.82) is 0 Å². The molecule has 37 heavy (non-hydrogen) atoms. The summed E-state index contributed by atoms with van der Waals surface area (Å²) in [6.45, 7) is 3.21. The minimum Gasteiger partial charge on any atom is -0.494 e. The molecular weight excluding hydrogens is 468 g/mol. The van der Waals surface area contributed by atoms with E-state index in [0.29, 0.717) is 30.2 Å². The number of unbranched alkanes of at least 4 members (excludes halogenated alkanes) is 3. The highest BCUT2D eigenvalue weighted by atomic mass is 16.5. The van der Waals surface area contributed by atoms with E-state index in [2.05, 4.69) is 12.2 Å². The molecule has 1 aliphatic heterocycles. The molecule has 1 fully saturated rings. The van der Waals surface area contributed by atoms with Gasteiger partial charge in [-0.3, -0.25) is 14.9 Å². The summed E-state index contributed by atoms with van der Waals surface area (Å²) in [5.41, 5.74) is 1.88. The highest BCUT2D eigenvalue weighted by Crippen LogP contribution is 2.25. The van der Waals surface area contributed by atoms with Gasteiger partial charge in [0.15, 0.2) is 0 Å². The van der Waals surface area contributed by atoms with Crippen molar-refractivity contribution < 1.29 is 23.9 Å². The summed E-state index contributed by atoms with van der Waals surface area (Å²) in [5.74, 6) is -0.102. The number of amides is 4. The quantitative estimate of drug-likeness (QED) is 0.202. The van der Waals surface area contributed by atoms with Crippen LogP contribution < -0.4 is 19.7 Å². The Labute approximate surface area is 216 Å². The van der Waals surface area contributed by atoms with Crippen molar-refractivity contribution in [2.75, 3.05) is 11.5 Å². The fraction of sp³-hybridized carbons (Fsp3) is 0.233. The van der Waals surface area contributed by atoms with Crippen molar-refractivity contribution in [3.05, 3.63) is 95.6 Å². The lowest BCUT2D eigenvalue weighted by molar-refractivity contribution is -0.122. The molecule has 1 N–H and O–H groups in total. The average molecular weight is 499 g/mol. The minimum atomic E-state index is -0.795. The van der Waals surface area contributed by atoms with E-state index in [9.17, 15) is 14.4 Å². The smallest absolute Gasteiger partial charge is 0.335 e. The maximum absolute atomic E-state index is 13.2. The Morgan fingerprint density at radius 3 is 2.16 bits per heavy atom. The van der Waals surface area contributed by atoms with Crippen LogP contribution in [0.15, 0.2) is 84.4 Å². The maximum atomic E-state index is 13.2. The Bertz CT molecular complexity index is 1250. The number of nitrogens with one attached hydrogen (secondary N) is 1. The Kier molecular flexibility index (Phi) is 8.70. The van der Waals surface area contributed by atoms with Crippen LogP contribution in [0.25, 0.3) is 6.08 Å². The molecule has 7 heteroatoms. The van der Waals surface area contributed by atoms with Crippen molar-refractivity contribution in [2.24, 2.45) is 0 Å². The Balaban J connectivity index is 1.42. The normalized spacial score (nSPS) is 14.6. The number of urea groups is 1. The molecular formula is C30H30N2O5. The number of rotatable bonds is 11. The predicted molar refractivity (Wildman–Crippen MR) is 142 cm³/mol. The summed E-state index contributed by atoms with van der Waals surface area (Å²) >= 11 is 0. The van der Waals surface area contributed by atoms with E-state index in [-0.39, 0.29) is 5.57 Å². The van der Waals surface area contributed by atoms with Gasteiger partial charge < -0.3 is 9.47 Å². The van der Waals surface area contributed by atoms with Gasteiger partial charge in [-0.2, -0.15) is 0 Å². The van der Waals surface area contributed by atoms with Crippen LogP contribution in [-0.4, -0.2) is 24.5 Å². The zero-order chi connectivity index (χ0) is 26.0. The van der Waals surface area contributed by atoms with E-state index in [1.807, 2.05) is 30.3 Å². The lowest BCUT2D eigenvalue weighted by atomic mass is 10.1. The molecule has 0 unspecified atom stereocenters. The second kappa shape index (κ2) is 12.5. The van der Waals surface area contributed by atoms with Crippen LogP contribution in [0.4, 0.5) is 10.5 Å². The van der Waals surface area contributed by atoms with Crippen molar-refractivity contribution in [3.8, 4) is 11.5 Å². The number of hydrogen-bond donors (Lipinski definition) is 1. The van der Waals surface area contributed by atoms with Gasteiger partial charge in [-0.25, -0.2) is 9.69 Å². The molecule has 4 amide bonds. The molecule has 0 aliphatic carbocycles. The van der Waals surface area contributed by atoms with Gasteiger partial charge in [0.2, 0.25) is 0 Å². The summed E-state index contributed by atoms with van der Waals surface area (Å²) in [6.07, 6.45) is 5.97. The highest BCUT2D eigenvalue weighted by Gasteiger charge is 2.36. The Morgan fingerprint density at radius 1 is 0.784 bits per heavy atom. The zero-order valence-electron chi connectivity index (χ0n) is 20.8. The number of benzene rings is 3. The maximum Gasteiger partial charge on any atom is 0.335 e. The molecule has 0 atom stereocenters. The van der Waals surface area contributed by atoms with Crippen LogP contribution in [0.2, 0.25) is 0 Å². The van der Waals surface area contributed by atoms with E-state index in [4.69, 9.17) is 9.47 Å². The molecule has 1 heterocycles. The van der Waals surface area contributed by atoms with Gasteiger partial charge in [-0.05, 0) is 60.0 Å². The topological polar surface area (TPSA) is 84.9 Å². The summed E-state index contributed by atoms with van der Waals surface area (Å²) < 4.78 is 11.5. The van der Waals surface area contributed by atoms with Crippen LogP contribution in [0.1, 0.15) is 43.7 Å². The van der Waals surface area contributed by atoms with E-state index in [0.717, 1.165) is 29.1 Å². The van der Waals surface area contributed by atoms with E-state index >= 15 is 0 Å². The Hall–Kier alpha value is -4.39. The van der Waals surface area contributed by atoms with E-state index in [1.54, 1.807) is 48.5 Å². The number of barbiturate groups is 1. The number of anilines is 1. The molecule has 3 aromatic carbocycles. The molecule has 1 aliphatic rings. The molecule has 4 rings (SSSR count). The molecule has 3 aromatic rings. The number of hydrogen-bond acceptors (Lipinski definition) is 5. The van der Waals surface area contributed by atoms with Gasteiger partial charge in [-0.15, -0.1) is 0 Å². The molecule has 1 saturated heterocycles. The molecule has 7 nitrogen and oxygen atoms in total. The van der Waals surface area contributed by atoms with Crippen LogP contribution in [0.3, 0.4) is 0 Å². The average Bonchev–Trinajstić information content (AvgIpc) is 2.92. The second-order valence-electron chi connectivity index (χ2n) is 8.70. The van der Waals surface area contributed by atoms with Crippen LogP contribution >= 0.6 is 0 Å². The Morgan fingerprint density at radius 2 is 1.46 bits per heavy atom. The fourth-order valence-corrected chi connectivity index (χ4v) is 3.87. The largest absolute Gasteiger partial charge is 0.494 e. The van der Waals surface area contributed by atoms with E-state index < -0.39 is 17.8 Å². The molecule has 0 spiro atoms. The monoisotopic (exact) mass is 498 g/mol. The number of carbonyl (C=O) groups is 3. The molecule has 0 bridgehead atoms. The minimum absolute atomic E-state index is 0.128. The van der Waals surface area contributed by atoms with Gasteiger partial charge in [0, 0.05) is 0 Å². The predicted octanol–water partition coefficient (Wildman–Crippen LogP) is 5.89. The van der Waals surface area contributed by atoms with Crippen LogP contribution in [0.5, 0.6) is 11.5 Å². The third-order valence-electron chi connectivity index (χ3n) is 5.90. The van der Waals surface area contributed by atoms with Crippen molar-refractivity contribution in [1.82, 2.24) is 5.32 Å². The first kappa shape index (κ1) is 25.7. The molecule has 0 aromatic heterocycles. The van der Waals surface area contributed by atoms with Crippen LogP contribution in [0, 0.1) is 0 Å². The second-order valence-corrected chi connectivity index (χ2v) is 8.70. The summed E-state index contributed by atoms with van der Waals surface area (Å²) in [5, 5.41) is 2.25. The van der Waals surface area contributed by atoms with Crippen molar-refractivity contribution in [3.63, 3.8) is 0 Å². The standard InChI is InChI=1S/C30H30N2O5/c1-2-3-4-8-19-36-25-15-11-22(12-16-25)20-27-28(33)31-30(35)32(29(27)34)24-13-17-26(18-14-24)37-21-23-9-6-5-7-10-23/h5-7,9-18,20H,2-4,8,19,21H2,1H3,(H,31,33,35)/b27-20-. The van der Waals surface area contributed by atoms with Gasteiger partial charge in [-0.1, -0.05) is 68.7 Å². The molecule has 0 saturated carbocycles. The zero-order valence-corrected chi connectivity index (χ0v) is 20.8. The number of carbonyl (C=O) groups excluding carboxylic acids is 3. The number of nitrogens with zero attached hydrogens (tertiary/aromatic N) is 1. The van der Waals surface area contributed by atoms with Gasteiger partial charge in [0.25, 0.3) is 11.8 Å². The number of ether oxygens (including phenoxy) is 2. The summed E-state index contributed by atoms with van der Waals surface area (Å²) in [6, 6.07) is 22.7. The third-order valence-corrected chi connectivity index (χ3v) is 5.90. The van der Waals surface area contributed by atoms with Crippen LogP contribution in [-0.2, 0) is 16.2 Å². The first-order chi connectivity index (χ1) is 18.0. The van der Waals surface area contributed by atoms with Gasteiger partial charge in [0.1, 0.15) is 23.7 Å². The summed E-state index contributed by atoms with van der Waals surface area (Å²) in [4.78, 5) is 39.1. The van der Waals surface area contributed by atoms with Crippen molar-refractivity contribution in [2.45, 2.75) is 39.2 Å². The first-order valence-electron chi connectivity index (χ1n) is 12.5. The SMILES string of the molecule is CCCCCCOc1ccc(/C=C2/C(=O)NC(=O)N(c3ccc(OCc4ccccc4)cc3)C2=O)cc1. The molecule has 0 radical (unpaired) electrons. The van der Waals surface area contributed by atoms with E-state index in [1.165, 1.54) is 18.9 Å². The molecule has 190 valence electrons.